The minimum atomic E-state index is 0.0156. The molecule has 23 heavy (non-hydrogen) atoms. The first-order chi connectivity index (χ1) is 11.1. The number of amides is 2. The van der Waals surface area contributed by atoms with Crippen molar-refractivity contribution in [2.24, 2.45) is 0 Å². The Hall–Kier alpha value is -1.88. The monoisotopic (exact) mass is 315 g/mol. The Balaban J connectivity index is 1.78. The van der Waals surface area contributed by atoms with Crippen LogP contribution in [0, 0.1) is 0 Å². The standard InChI is InChI=1S/C18H25N3O2/c1-3-19(4-2)12-17(22)20-11-16-15-8-6-5-7-14(15)9-10-21(16)18(23)13-20/h5-8,16H,3-4,9-13H2,1-2H3/t16-/m0/s1. The lowest BCUT2D eigenvalue weighted by atomic mass is 9.91. The SMILES string of the molecule is CCN(CC)CC(=O)N1CC(=O)N2CCc3ccccc3[C@@H]2C1. The molecule has 2 heterocycles. The molecule has 5 nitrogen and oxygen atoms in total. The van der Waals surface area contributed by atoms with Crippen LogP contribution < -0.4 is 0 Å². The van der Waals surface area contributed by atoms with Gasteiger partial charge in [0.25, 0.3) is 0 Å². The molecule has 0 saturated carbocycles. The van der Waals surface area contributed by atoms with Crippen LogP contribution in [0.2, 0.25) is 0 Å². The molecule has 0 bridgehead atoms. The van der Waals surface area contributed by atoms with Crippen LogP contribution in [0.5, 0.6) is 0 Å². The summed E-state index contributed by atoms with van der Waals surface area (Å²) in [5.74, 6) is 0.133. The van der Waals surface area contributed by atoms with Crippen molar-refractivity contribution in [1.29, 1.82) is 0 Å². The van der Waals surface area contributed by atoms with Crippen LogP contribution in [0.25, 0.3) is 0 Å². The molecule has 1 aromatic carbocycles. The lowest BCUT2D eigenvalue weighted by Crippen LogP contribution is -2.57. The summed E-state index contributed by atoms with van der Waals surface area (Å²) in [5.41, 5.74) is 2.51. The third kappa shape index (κ3) is 3.11. The van der Waals surface area contributed by atoms with E-state index in [2.05, 4.69) is 30.9 Å². The Labute approximate surface area is 137 Å². The van der Waals surface area contributed by atoms with E-state index in [-0.39, 0.29) is 24.4 Å². The summed E-state index contributed by atoms with van der Waals surface area (Å²) < 4.78 is 0. The molecule has 1 saturated heterocycles. The summed E-state index contributed by atoms with van der Waals surface area (Å²) >= 11 is 0. The van der Waals surface area contributed by atoms with Gasteiger partial charge < -0.3 is 9.80 Å². The van der Waals surface area contributed by atoms with E-state index in [9.17, 15) is 9.59 Å². The normalized spacial score (nSPS) is 20.5. The van der Waals surface area contributed by atoms with Crippen LogP contribution in [0.3, 0.4) is 0 Å². The van der Waals surface area contributed by atoms with Crippen LogP contribution in [-0.4, -0.2) is 65.8 Å². The number of piperazine rings is 1. The van der Waals surface area contributed by atoms with Crippen molar-refractivity contribution in [3.05, 3.63) is 35.4 Å². The number of hydrogen-bond acceptors (Lipinski definition) is 3. The van der Waals surface area contributed by atoms with Gasteiger partial charge in [-0.2, -0.15) is 0 Å². The van der Waals surface area contributed by atoms with E-state index in [0.717, 1.165) is 26.1 Å². The Morgan fingerprint density at radius 1 is 1.26 bits per heavy atom. The molecule has 2 aliphatic rings. The van der Waals surface area contributed by atoms with E-state index < -0.39 is 0 Å². The van der Waals surface area contributed by atoms with Crippen molar-refractivity contribution in [2.75, 3.05) is 39.3 Å². The molecule has 124 valence electrons. The summed E-state index contributed by atoms with van der Waals surface area (Å²) in [6.45, 7) is 7.80. The van der Waals surface area contributed by atoms with Crippen LogP contribution in [0.4, 0.5) is 0 Å². The minimum absolute atomic E-state index is 0.0156. The van der Waals surface area contributed by atoms with Crippen molar-refractivity contribution < 1.29 is 9.59 Å². The molecule has 1 aromatic rings. The fourth-order valence-electron chi connectivity index (χ4n) is 3.60. The zero-order valence-electron chi connectivity index (χ0n) is 14.0. The molecule has 0 N–H and O–H groups in total. The molecule has 3 rings (SSSR count). The second kappa shape index (κ2) is 6.71. The van der Waals surface area contributed by atoms with Crippen molar-refractivity contribution in [1.82, 2.24) is 14.7 Å². The van der Waals surface area contributed by atoms with Gasteiger partial charge >= 0.3 is 0 Å². The molecule has 0 spiro atoms. The zero-order valence-corrected chi connectivity index (χ0v) is 14.0. The summed E-state index contributed by atoms with van der Waals surface area (Å²) in [6, 6.07) is 8.30. The predicted octanol–water partition coefficient (Wildman–Crippen LogP) is 1.30. The predicted molar refractivity (Wildman–Crippen MR) is 89.0 cm³/mol. The number of benzene rings is 1. The molecule has 0 aromatic heterocycles. The highest BCUT2D eigenvalue weighted by Crippen LogP contribution is 2.32. The second-order valence-corrected chi connectivity index (χ2v) is 6.29. The van der Waals surface area contributed by atoms with Gasteiger partial charge in [0, 0.05) is 13.1 Å². The average Bonchev–Trinajstić information content (AvgIpc) is 2.59. The van der Waals surface area contributed by atoms with Gasteiger partial charge in [-0.1, -0.05) is 38.1 Å². The zero-order chi connectivity index (χ0) is 16.4. The maximum atomic E-state index is 12.6. The van der Waals surface area contributed by atoms with Crippen LogP contribution in [0.15, 0.2) is 24.3 Å². The first-order valence-electron chi connectivity index (χ1n) is 8.51. The molecular formula is C18H25N3O2. The largest absolute Gasteiger partial charge is 0.332 e. The van der Waals surface area contributed by atoms with E-state index in [1.165, 1.54) is 11.1 Å². The Morgan fingerprint density at radius 3 is 2.74 bits per heavy atom. The fraction of sp³-hybridized carbons (Fsp3) is 0.556. The highest BCUT2D eigenvalue weighted by atomic mass is 16.2. The molecule has 0 aliphatic carbocycles. The minimum Gasteiger partial charge on any atom is -0.332 e. The molecule has 5 heteroatoms. The van der Waals surface area contributed by atoms with Crippen LogP contribution in [0.1, 0.15) is 31.0 Å². The number of likely N-dealkylation sites (N-methyl/N-ethyl adjacent to an activating group) is 1. The molecular weight excluding hydrogens is 290 g/mol. The number of carbonyl (C=O) groups excluding carboxylic acids is 2. The second-order valence-electron chi connectivity index (χ2n) is 6.29. The fourth-order valence-corrected chi connectivity index (χ4v) is 3.60. The van der Waals surface area contributed by atoms with Crippen molar-refractivity contribution in [3.8, 4) is 0 Å². The van der Waals surface area contributed by atoms with E-state index in [1.54, 1.807) is 4.90 Å². The number of carbonyl (C=O) groups is 2. The number of nitrogens with zero attached hydrogens (tertiary/aromatic N) is 3. The average molecular weight is 315 g/mol. The van der Waals surface area contributed by atoms with Crippen molar-refractivity contribution in [2.45, 2.75) is 26.3 Å². The van der Waals surface area contributed by atoms with Gasteiger partial charge in [0.2, 0.25) is 11.8 Å². The Bertz CT molecular complexity index is 598. The van der Waals surface area contributed by atoms with Gasteiger partial charge in [-0.15, -0.1) is 0 Å². The third-order valence-electron chi connectivity index (χ3n) is 5.06. The Morgan fingerprint density at radius 2 is 2.00 bits per heavy atom. The molecule has 1 fully saturated rings. The quantitative estimate of drug-likeness (QED) is 0.841. The number of fused-ring (bicyclic) bond motifs is 3. The number of rotatable bonds is 4. The molecule has 1 atom stereocenters. The molecule has 0 unspecified atom stereocenters. The van der Waals surface area contributed by atoms with Gasteiger partial charge in [-0.3, -0.25) is 14.5 Å². The lowest BCUT2D eigenvalue weighted by Gasteiger charge is -2.44. The van der Waals surface area contributed by atoms with Crippen LogP contribution >= 0.6 is 0 Å². The van der Waals surface area contributed by atoms with Crippen LogP contribution in [-0.2, 0) is 16.0 Å². The summed E-state index contributed by atoms with van der Waals surface area (Å²) in [5, 5.41) is 0. The Kier molecular flexibility index (Phi) is 4.66. The van der Waals surface area contributed by atoms with Gasteiger partial charge in [-0.25, -0.2) is 0 Å². The molecule has 2 aliphatic heterocycles. The maximum absolute atomic E-state index is 12.6. The highest BCUT2D eigenvalue weighted by molar-refractivity contribution is 5.87. The van der Waals surface area contributed by atoms with E-state index >= 15 is 0 Å². The van der Waals surface area contributed by atoms with Gasteiger partial charge in [0.05, 0.1) is 19.1 Å². The molecule has 2 amide bonds. The maximum Gasteiger partial charge on any atom is 0.242 e. The lowest BCUT2D eigenvalue weighted by molar-refractivity contribution is -0.149. The smallest absolute Gasteiger partial charge is 0.242 e. The topological polar surface area (TPSA) is 43.9 Å². The van der Waals surface area contributed by atoms with E-state index in [4.69, 9.17) is 0 Å². The van der Waals surface area contributed by atoms with Crippen molar-refractivity contribution in [3.63, 3.8) is 0 Å². The first kappa shape index (κ1) is 16.0. The van der Waals surface area contributed by atoms with Gasteiger partial charge in [-0.05, 0) is 30.6 Å². The summed E-state index contributed by atoms with van der Waals surface area (Å²) in [6.07, 6.45) is 0.909. The van der Waals surface area contributed by atoms with E-state index in [0.29, 0.717) is 13.1 Å². The summed E-state index contributed by atoms with van der Waals surface area (Å²) in [7, 11) is 0. The number of hydrogen-bond donors (Lipinski definition) is 0. The van der Waals surface area contributed by atoms with E-state index in [1.807, 2.05) is 17.0 Å². The highest BCUT2D eigenvalue weighted by Gasteiger charge is 2.38. The van der Waals surface area contributed by atoms with Gasteiger partial charge in [0.1, 0.15) is 0 Å². The first-order valence-corrected chi connectivity index (χ1v) is 8.51. The summed E-state index contributed by atoms with van der Waals surface area (Å²) in [4.78, 5) is 30.8. The third-order valence-corrected chi connectivity index (χ3v) is 5.06. The van der Waals surface area contributed by atoms with Crippen molar-refractivity contribution >= 4 is 11.8 Å². The molecule has 0 radical (unpaired) electrons. The van der Waals surface area contributed by atoms with Gasteiger partial charge in [0.15, 0.2) is 0 Å².